The molecule has 0 aromatic heterocycles. The SMILES string of the molecule is Cc1c(Cl)cccc1NS(=O)(=O)c1cc(Cl)cc(N)c1C. The van der Waals surface area contributed by atoms with Crippen molar-refractivity contribution < 1.29 is 8.42 Å². The van der Waals surface area contributed by atoms with Crippen LogP contribution in [0.2, 0.25) is 10.0 Å². The Bertz CT molecular complexity index is 805. The van der Waals surface area contributed by atoms with Crippen LogP contribution in [0.4, 0.5) is 11.4 Å². The van der Waals surface area contributed by atoms with E-state index in [9.17, 15) is 8.42 Å². The van der Waals surface area contributed by atoms with Crippen LogP contribution < -0.4 is 10.5 Å². The summed E-state index contributed by atoms with van der Waals surface area (Å²) in [5, 5.41) is 0.749. The van der Waals surface area contributed by atoms with Crippen molar-refractivity contribution in [3.63, 3.8) is 0 Å². The predicted octanol–water partition coefficient (Wildman–Crippen LogP) is 3.99. The number of rotatable bonds is 3. The topological polar surface area (TPSA) is 72.2 Å². The molecule has 0 heterocycles. The van der Waals surface area contributed by atoms with E-state index in [1.807, 2.05) is 0 Å². The summed E-state index contributed by atoms with van der Waals surface area (Å²) in [6, 6.07) is 7.89. The third kappa shape index (κ3) is 3.26. The predicted molar refractivity (Wildman–Crippen MR) is 87.6 cm³/mol. The van der Waals surface area contributed by atoms with Gasteiger partial charge in [-0.05, 0) is 49.2 Å². The largest absolute Gasteiger partial charge is 0.398 e. The van der Waals surface area contributed by atoms with Gasteiger partial charge in [0.1, 0.15) is 0 Å². The number of nitrogens with one attached hydrogen (secondary N) is 1. The lowest BCUT2D eigenvalue weighted by Crippen LogP contribution is -2.15. The van der Waals surface area contributed by atoms with Crippen LogP contribution in [0.1, 0.15) is 11.1 Å². The van der Waals surface area contributed by atoms with Crippen LogP contribution in [0.25, 0.3) is 0 Å². The van der Waals surface area contributed by atoms with E-state index >= 15 is 0 Å². The molecule has 2 aromatic carbocycles. The lowest BCUT2D eigenvalue weighted by Gasteiger charge is -2.14. The summed E-state index contributed by atoms with van der Waals surface area (Å²) in [7, 11) is -3.80. The molecule has 21 heavy (non-hydrogen) atoms. The van der Waals surface area contributed by atoms with Crippen molar-refractivity contribution in [3.05, 3.63) is 51.5 Å². The molecule has 0 spiro atoms. The standard InChI is InChI=1S/C14H14Cl2N2O2S/c1-8-11(16)4-3-5-13(8)18-21(19,20)14-7-10(15)6-12(17)9(14)2/h3-7,18H,17H2,1-2H3. The number of nitrogen functional groups attached to an aromatic ring is 1. The number of anilines is 2. The smallest absolute Gasteiger partial charge is 0.262 e. The zero-order valence-electron chi connectivity index (χ0n) is 11.4. The van der Waals surface area contributed by atoms with E-state index in [0.717, 1.165) is 0 Å². The van der Waals surface area contributed by atoms with Crippen molar-refractivity contribution in [2.24, 2.45) is 0 Å². The van der Waals surface area contributed by atoms with Crippen LogP contribution in [0, 0.1) is 13.8 Å². The Balaban J connectivity index is 2.51. The average Bonchev–Trinajstić information content (AvgIpc) is 2.39. The summed E-state index contributed by atoms with van der Waals surface area (Å²) in [6.07, 6.45) is 0. The van der Waals surface area contributed by atoms with E-state index in [2.05, 4.69) is 4.72 Å². The van der Waals surface area contributed by atoms with Gasteiger partial charge in [-0.2, -0.15) is 0 Å². The summed E-state index contributed by atoms with van der Waals surface area (Å²) in [5.74, 6) is 0. The fourth-order valence-electron chi connectivity index (χ4n) is 1.87. The Morgan fingerprint density at radius 2 is 1.76 bits per heavy atom. The number of benzene rings is 2. The highest BCUT2D eigenvalue weighted by molar-refractivity contribution is 7.92. The molecular weight excluding hydrogens is 331 g/mol. The van der Waals surface area contributed by atoms with Crippen LogP contribution >= 0.6 is 23.2 Å². The van der Waals surface area contributed by atoms with Crippen molar-refractivity contribution in [1.29, 1.82) is 0 Å². The first-order chi connectivity index (χ1) is 9.72. The Morgan fingerprint density at radius 1 is 1.10 bits per heavy atom. The number of hydrogen-bond acceptors (Lipinski definition) is 3. The molecule has 0 atom stereocenters. The van der Waals surface area contributed by atoms with Gasteiger partial charge in [-0.3, -0.25) is 4.72 Å². The second-order valence-corrected chi connectivity index (χ2v) is 7.13. The maximum Gasteiger partial charge on any atom is 0.262 e. The van der Waals surface area contributed by atoms with E-state index in [-0.39, 0.29) is 9.92 Å². The molecule has 2 rings (SSSR count). The normalized spacial score (nSPS) is 11.4. The lowest BCUT2D eigenvalue weighted by molar-refractivity contribution is 0.600. The van der Waals surface area contributed by atoms with Crippen molar-refractivity contribution in [3.8, 4) is 0 Å². The number of hydrogen-bond donors (Lipinski definition) is 2. The zero-order valence-corrected chi connectivity index (χ0v) is 13.8. The lowest BCUT2D eigenvalue weighted by atomic mass is 10.2. The fraction of sp³-hybridized carbons (Fsp3) is 0.143. The molecule has 0 bridgehead atoms. The Labute approximate surface area is 133 Å². The van der Waals surface area contributed by atoms with Gasteiger partial charge in [0.25, 0.3) is 10.0 Å². The Kier molecular flexibility index (Phi) is 4.37. The molecule has 0 fully saturated rings. The highest BCUT2D eigenvalue weighted by atomic mass is 35.5. The molecule has 0 aliphatic rings. The minimum absolute atomic E-state index is 0.0480. The van der Waals surface area contributed by atoms with Crippen LogP contribution in [-0.2, 0) is 10.0 Å². The second kappa shape index (κ2) is 5.75. The van der Waals surface area contributed by atoms with E-state index in [1.54, 1.807) is 32.0 Å². The van der Waals surface area contributed by atoms with E-state index in [4.69, 9.17) is 28.9 Å². The van der Waals surface area contributed by atoms with Gasteiger partial charge in [-0.1, -0.05) is 29.3 Å². The highest BCUT2D eigenvalue weighted by Gasteiger charge is 2.20. The number of nitrogens with two attached hydrogens (primary N) is 1. The van der Waals surface area contributed by atoms with Gasteiger partial charge in [0.05, 0.1) is 10.6 Å². The van der Waals surface area contributed by atoms with E-state index in [0.29, 0.717) is 27.5 Å². The van der Waals surface area contributed by atoms with Crippen molar-refractivity contribution in [2.75, 3.05) is 10.5 Å². The van der Waals surface area contributed by atoms with Crippen LogP contribution in [0.5, 0.6) is 0 Å². The molecule has 112 valence electrons. The maximum absolute atomic E-state index is 12.5. The quantitative estimate of drug-likeness (QED) is 0.826. The third-order valence-corrected chi connectivity index (χ3v) is 5.29. The fourth-order valence-corrected chi connectivity index (χ4v) is 3.76. The molecule has 0 radical (unpaired) electrons. The van der Waals surface area contributed by atoms with Gasteiger partial charge in [0, 0.05) is 15.7 Å². The minimum Gasteiger partial charge on any atom is -0.398 e. The summed E-state index contributed by atoms with van der Waals surface area (Å²) >= 11 is 11.9. The van der Waals surface area contributed by atoms with Gasteiger partial charge in [0.2, 0.25) is 0 Å². The molecule has 0 aliphatic carbocycles. The first kappa shape index (κ1) is 15.9. The molecule has 0 saturated heterocycles. The van der Waals surface area contributed by atoms with E-state index < -0.39 is 10.0 Å². The molecule has 0 amide bonds. The molecule has 4 nitrogen and oxygen atoms in total. The van der Waals surface area contributed by atoms with Gasteiger partial charge in [0.15, 0.2) is 0 Å². The van der Waals surface area contributed by atoms with Crippen molar-refractivity contribution in [1.82, 2.24) is 0 Å². The average molecular weight is 345 g/mol. The Hall–Kier alpha value is -1.43. The van der Waals surface area contributed by atoms with Crippen LogP contribution in [-0.4, -0.2) is 8.42 Å². The van der Waals surface area contributed by atoms with Crippen molar-refractivity contribution >= 4 is 44.6 Å². The first-order valence-electron chi connectivity index (χ1n) is 6.06. The van der Waals surface area contributed by atoms with Gasteiger partial charge < -0.3 is 5.73 Å². The molecule has 0 saturated carbocycles. The summed E-state index contributed by atoms with van der Waals surface area (Å²) in [6.45, 7) is 3.37. The summed E-state index contributed by atoms with van der Waals surface area (Å²) in [4.78, 5) is 0.0480. The molecule has 7 heteroatoms. The van der Waals surface area contributed by atoms with Crippen LogP contribution in [0.15, 0.2) is 35.2 Å². The van der Waals surface area contributed by atoms with Gasteiger partial charge >= 0.3 is 0 Å². The zero-order chi connectivity index (χ0) is 15.8. The van der Waals surface area contributed by atoms with Gasteiger partial charge in [-0.15, -0.1) is 0 Å². The monoisotopic (exact) mass is 344 g/mol. The maximum atomic E-state index is 12.5. The highest BCUT2D eigenvalue weighted by Crippen LogP contribution is 2.29. The van der Waals surface area contributed by atoms with Crippen LogP contribution in [0.3, 0.4) is 0 Å². The Morgan fingerprint density at radius 3 is 2.43 bits per heavy atom. The second-order valence-electron chi connectivity index (χ2n) is 4.64. The minimum atomic E-state index is -3.80. The molecule has 0 aliphatic heterocycles. The van der Waals surface area contributed by atoms with Crippen molar-refractivity contribution in [2.45, 2.75) is 18.7 Å². The number of sulfonamides is 1. The molecule has 3 N–H and O–H groups in total. The molecule has 2 aromatic rings. The first-order valence-corrected chi connectivity index (χ1v) is 8.30. The molecular formula is C14H14Cl2N2O2S. The summed E-state index contributed by atoms with van der Waals surface area (Å²) in [5.41, 5.74) is 7.61. The third-order valence-electron chi connectivity index (χ3n) is 3.17. The molecule has 0 unspecified atom stereocenters. The number of halogens is 2. The van der Waals surface area contributed by atoms with E-state index in [1.165, 1.54) is 12.1 Å². The van der Waals surface area contributed by atoms with Gasteiger partial charge in [-0.25, -0.2) is 8.42 Å². The summed E-state index contributed by atoms with van der Waals surface area (Å²) < 4.78 is 27.6.